The van der Waals surface area contributed by atoms with E-state index in [2.05, 4.69) is 23.6 Å². The zero-order valence-corrected chi connectivity index (χ0v) is 16.8. The van der Waals surface area contributed by atoms with Crippen LogP contribution in [0.5, 0.6) is 0 Å². The molecule has 0 aliphatic rings. The van der Waals surface area contributed by atoms with Gasteiger partial charge in [0.05, 0.1) is 5.56 Å². The predicted molar refractivity (Wildman–Crippen MR) is 110 cm³/mol. The smallest absolute Gasteiger partial charge is 0.317 e. The van der Waals surface area contributed by atoms with E-state index in [1.54, 1.807) is 18.2 Å². The second-order valence-corrected chi connectivity index (χ2v) is 7.67. The summed E-state index contributed by atoms with van der Waals surface area (Å²) in [4.78, 5) is 25.2. The van der Waals surface area contributed by atoms with E-state index in [0.29, 0.717) is 12.1 Å². The Morgan fingerprint density at radius 2 is 1.89 bits per heavy atom. The lowest BCUT2D eigenvalue weighted by Crippen LogP contribution is -2.12. The van der Waals surface area contributed by atoms with E-state index < -0.39 is 5.91 Å². The Labute approximate surface area is 163 Å². The van der Waals surface area contributed by atoms with Crippen LogP contribution in [0, 0.1) is 17.6 Å². The summed E-state index contributed by atoms with van der Waals surface area (Å²) in [6, 6.07) is 8.75. The number of benzene rings is 2. The summed E-state index contributed by atoms with van der Waals surface area (Å²) < 4.78 is 16.3. The molecule has 6 heteroatoms. The van der Waals surface area contributed by atoms with Crippen molar-refractivity contribution >= 4 is 16.8 Å². The number of aromatic nitrogens is 1. The molecule has 28 heavy (non-hydrogen) atoms. The Morgan fingerprint density at radius 3 is 2.50 bits per heavy atom. The van der Waals surface area contributed by atoms with Gasteiger partial charge in [0.15, 0.2) is 0 Å². The van der Waals surface area contributed by atoms with Crippen LogP contribution in [0.25, 0.3) is 22.0 Å². The number of hydrogen-bond donors (Lipinski definition) is 0. The zero-order chi connectivity index (χ0) is 20.6. The van der Waals surface area contributed by atoms with Crippen molar-refractivity contribution in [1.82, 2.24) is 9.47 Å². The van der Waals surface area contributed by atoms with Crippen molar-refractivity contribution in [3.8, 4) is 11.1 Å². The van der Waals surface area contributed by atoms with Crippen LogP contribution in [-0.4, -0.2) is 29.5 Å². The summed E-state index contributed by atoms with van der Waals surface area (Å²) in [6.07, 6.45) is 1.98. The Kier molecular flexibility index (Phi) is 5.42. The second kappa shape index (κ2) is 7.64. The number of fused-ring (bicyclic) bond motifs is 1. The number of amides is 1. The first kappa shape index (κ1) is 19.9. The molecule has 0 saturated carbocycles. The highest BCUT2D eigenvalue weighted by Crippen LogP contribution is 2.34. The fraction of sp³-hybridized carbons (Fsp3) is 0.318. The molecule has 146 valence electrons. The van der Waals surface area contributed by atoms with Crippen LogP contribution in [0.15, 0.2) is 41.7 Å². The van der Waals surface area contributed by atoms with Gasteiger partial charge in [-0.25, -0.2) is 4.39 Å². The van der Waals surface area contributed by atoms with Gasteiger partial charge in [-0.1, -0.05) is 6.07 Å². The van der Waals surface area contributed by atoms with Gasteiger partial charge in [0.2, 0.25) is 0 Å². The third kappa shape index (κ3) is 3.60. The average Bonchev–Trinajstić information content (AvgIpc) is 2.99. The summed E-state index contributed by atoms with van der Waals surface area (Å²) in [5.41, 5.74) is 4.15. The second-order valence-electron chi connectivity index (χ2n) is 7.67. The molecule has 5 nitrogen and oxygen atoms in total. The van der Waals surface area contributed by atoms with E-state index in [0.717, 1.165) is 27.6 Å². The minimum atomic E-state index is -0.799. The number of rotatable bonds is 5. The highest BCUT2D eigenvalue weighted by molar-refractivity contribution is 6.09. The van der Waals surface area contributed by atoms with Gasteiger partial charge >= 0.3 is 5.91 Å². The van der Waals surface area contributed by atoms with Crippen LogP contribution in [0.3, 0.4) is 0 Å². The van der Waals surface area contributed by atoms with Gasteiger partial charge in [-0.3, -0.25) is 4.79 Å². The number of nitroso groups, excluding NO2 is 1. The molecule has 0 bridgehead atoms. The number of carbonyl (C=O) groups is 1. The molecule has 2 aromatic carbocycles. The number of halogens is 1. The fourth-order valence-corrected chi connectivity index (χ4v) is 3.62. The quantitative estimate of drug-likeness (QED) is 0.563. The monoisotopic (exact) mass is 381 g/mol. The third-order valence-electron chi connectivity index (χ3n) is 4.86. The van der Waals surface area contributed by atoms with Gasteiger partial charge in [0, 0.05) is 40.4 Å². The molecular formula is C22H24FN3O2. The first-order valence-electron chi connectivity index (χ1n) is 9.19. The normalized spacial score (nSPS) is 11.6. The van der Waals surface area contributed by atoms with E-state index in [1.165, 1.54) is 6.07 Å². The van der Waals surface area contributed by atoms with Gasteiger partial charge in [0.1, 0.15) is 5.82 Å². The molecule has 1 aromatic heterocycles. The Balaban J connectivity index is 2.29. The molecular weight excluding hydrogens is 357 g/mol. The van der Waals surface area contributed by atoms with Crippen molar-refractivity contribution in [2.75, 3.05) is 14.1 Å². The first-order valence-corrected chi connectivity index (χ1v) is 9.19. The van der Waals surface area contributed by atoms with E-state index in [9.17, 15) is 14.1 Å². The van der Waals surface area contributed by atoms with Crippen LogP contribution < -0.4 is 0 Å². The van der Waals surface area contributed by atoms with Gasteiger partial charge < -0.3 is 9.47 Å². The number of aryl methyl sites for hydroxylation is 1. The lowest BCUT2D eigenvalue weighted by molar-refractivity contribution is 0.100. The van der Waals surface area contributed by atoms with E-state index in [-0.39, 0.29) is 17.4 Å². The van der Waals surface area contributed by atoms with Crippen molar-refractivity contribution < 1.29 is 9.18 Å². The molecule has 0 radical (unpaired) electrons. The molecule has 3 aromatic rings. The topological polar surface area (TPSA) is 54.7 Å². The van der Waals surface area contributed by atoms with Crippen LogP contribution >= 0.6 is 0 Å². The van der Waals surface area contributed by atoms with Crippen LogP contribution in [-0.2, 0) is 6.54 Å². The zero-order valence-electron chi connectivity index (χ0n) is 16.8. The van der Waals surface area contributed by atoms with Crippen LogP contribution in [0.1, 0.15) is 41.4 Å². The lowest BCUT2D eigenvalue weighted by atomic mass is 9.97. The molecule has 0 atom stereocenters. The van der Waals surface area contributed by atoms with Crippen molar-refractivity contribution in [1.29, 1.82) is 0 Å². The molecule has 3 rings (SSSR count). The van der Waals surface area contributed by atoms with Gasteiger partial charge in [0.25, 0.3) is 0 Å². The molecule has 1 heterocycles. The SMILES string of the molecule is Cc1cn(C(C)C)c2cc(-c3ccc(F)c(CN(C)C)c3)cc(C(=O)N=O)c12. The number of hydrogen-bond acceptors (Lipinski definition) is 3. The summed E-state index contributed by atoms with van der Waals surface area (Å²) >= 11 is 0. The molecule has 0 saturated heterocycles. The van der Waals surface area contributed by atoms with Crippen molar-refractivity contribution in [2.45, 2.75) is 33.4 Å². The first-order chi connectivity index (χ1) is 13.2. The highest BCUT2D eigenvalue weighted by Gasteiger charge is 2.19. The molecule has 1 amide bonds. The lowest BCUT2D eigenvalue weighted by Gasteiger charge is -2.14. The third-order valence-corrected chi connectivity index (χ3v) is 4.86. The molecule has 0 spiro atoms. The summed E-state index contributed by atoms with van der Waals surface area (Å²) in [5.74, 6) is -1.07. The predicted octanol–water partition coefficient (Wildman–Crippen LogP) is 5.30. The molecule has 0 unspecified atom stereocenters. The van der Waals surface area contributed by atoms with Crippen LogP contribution in [0.2, 0.25) is 0 Å². The minimum absolute atomic E-state index is 0.177. The van der Waals surface area contributed by atoms with Crippen molar-refractivity contribution in [3.05, 3.63) is 63.9 Å². The summed E-state index contributed by atoms with van der Waals surface area (Å²) in [6.45, 7) is 6.48. The summed E-state index contributed by atoms with van der Waals surface area (Å²) in [5, 5.41) is 3.38. The maximum atomic E-state index is 14.2. The summed E-state index contributed by atoms with van der Waals surface area (Å²) in [7, 11) is 3.76. The van der Waals surface area contributed by atoms with Crippen LogP contribution in [0.4, 0.5) is 4.39 Å². The largest absolute Gasteiger partial charge is 0.345 e. The molecule has 0 aliphatic heterocycles. The van der Waals surface area contributed by atoms with Gasteiger partial charge in [-0.2, -0.15) is 0 Å². The maximum Gasteiger partial charge on any atom is 0.317 e. The van der Waals surface area contributed by atoms with E-state index in [4.69, 9.17) is 0 Å². The number of nitrogens with zero attached hydrogens (tertiary/aromatic N) is 3. The highest BCUT2D eigenvalue weighted by atomic mass is 19.1. The maximum absolute atomic E-state index is 14.2. The standard InChI is InChI=1S/C22H24FN3O2/c1-13(2)26-11-14(3)21-18(22(27)24-28)9-16(10-20(21)26)15-6-7-19(23)17(8-15)12-25(4)5/h6-11,13H,12H2,1-5H3. The molecule has 0 aliphatic carbocycles. The van der Waals surface area contributed by atoms with Gasteiger partial charge in [-0.15, -0.1) is 4.91 Å². The molecule has 0 fully saturated rings. The number of carbonyl (C=O) groups excluding carboxylic acids is 1. The molecule has 0 N–H and O–H groups in total. The van der Waals surface area contributed by atoms with E-state index >= 15 is 0 Å². The minimum Gasteiger partial charge on any atom is -0.345 e. The Bertz CT molecular complexity index is 1070. The van der Waals surface area contributed by atoms with E-state index in [1.807, 2.05) is 38.2 Å². The fourth-order valence-electron chi connectivity index (χ4n) is 3.62. The average molecular weight is 381 g/mol. The van der Waals surface area contributed by atoms with Gasteiger partial charge in [-0.05, 0) is 75.8 Å². The Morgan fingerprint density at radius 1 is 1.18 bits per heavy atom. The van der Waals surface area contributed by atoms with Crippen molar-refractivity contribution in [3.63, 3.8) is 0 Å². The van der Waals surface area contributed by atoms with Crippen molar-refractivity contribution in [2.24, 2.45) is 5.18 Å². The Hall–Kier alpha value is -2.86.